The van der Waals surface area contributed by atoms with Gasteiger partial charge in [0.1, 0.15) is 11.6 Å². The van der Waals surface area contributed by atoms with Gasteiger partial charge in [0.05, 0.1) is 12.6 Å². The monoisotopic (exact) mass is 351 g/mol. The van der Waals surface area contributed by atoms with Crippen molar-refractivity contribution in [2.75, 3.05) is 6.54 Å². The molecular formula is C19H21N5O2. The van der Waals surface area contributed by atoms with Crippen LogP contribution in [0.4, 0.5) is 0 Å². The molecule has 0 spiro atoms. The van der Waals surface area contributed by atoms with Crippen LogP contribution in [0, 0.1) is 0 Å². The first-order valence-electron chi connectivity index (χ1n) is 8.80. The van der Waals surface area contributed by atoms with Gasteiger partial charge in [-0.05, 0) is 6.92 Å². The summed E-state index contributed by atoms with van der Waals surface area (Å²) in [6.45, 7) is 7.12. The van der Waals surface area contributed by atoms with E-state index < -0.39 is 0 Å². The van der Waals surface area contributed by atoms with E-state index >= 15 is 0 Å². The highest BCUT2D eigenvalue weighted by molar-refractivity contribution is 5.93. The van der Waals surface area contributed by atoms with Gasteiger partial charge in [-0.3, -0.25) is 4.79 Å². The molecule has 0 fully saturated rings. The summed E-state index contributed by atoms with van der Waals surface area (Å²) in [5.41, 5.74) is 1.36. The van der Waals surface area contributed by atoms with Crippen LogP contribution in [-0.2, 0) is 6.54 Å². The van der Waals surface area contributed by atoms with Crippen LogP contribution >= 0.6 is 0 Å². The minimum atomic E-state index is -0.182. The Morgan fingerprint density at radius 1 is 1.23 bits per heavy atom. The summed E-state index contributed by atoms with van der Waals surface area (Å²) < 4.78 is 7.30. The van der Waals surface area contributed by atoms with Gasteiger partial charge < -0.3 is 9.32 Å². The number of amides is 1. The van der Waals surface area contributed by atoms with Gasteiger partial charge in [0, 0.05) is 18.0 Å². The van der Waals surface area contributed by atoms with Gasteiger partial charge in [-0.15, -0.1) is 0 Å². The van der Waals surface area contributed by atoms with Gasteiger partial charge >= 0.3 is 0 Å². The molecule has 7 nitrogen and oxygen atoms in total. The van der Waals surface area contributed by atoms with Crippen molar-refractivity contribution >= 4 is 5.91 Å². The number of benzene rings is 1. The molecule has 1 aromatic carbocycles. The van der Waals surface area contributed by atoms with Crippen LogP contribution in [0.5, 0.6) is 0 Å². The molecule has 0 saturated carbocycles. The summed E-state index contributed by atoms with van der Waals surface area (Å²) >= 11 is 0. The largest absolute Gasteiger partial charge is 0.447 e. The molecule has 26 heavy (non-hydrogen) atoms. The second kappa shape index (κ2) is 6.40. The summed E-state index contributed by atoms with van der Waals surface area (Å²) in [5, 5.41) is 4.61. The number of hydrogen-bond acceptors (Lipinski definition) is 5. The molecular weight excluding hydrogens is 330 g/mol. The van der Waals surface area contributed by atoms with E-state index in [1.807, 2.05) is 55.8 Å². The van der Waals surface area contributed by atoms with Crippen molar-refractivity contribution in [2.24, 2.45) is 0 Å². The van der Waals surface area contributed by atoms with E-state index in [1.165, 1.54) is 6.39 Å². The molecule has 0 aliphatic carbocycles. The average Bonchev–Trinajstić information content (AvgIpc) is 3.30. The van der Waals surface area contributed by atoms with E-state index in [1.54, 1.807) is 4.90 Å². The van der Waals surface area contributed by atoms with Gasteiger partial charge in [0.25, 0.3) is 5.91 Å². The molecule has 1 atom stereocenters. The van der Waals surface area contributed by atoms with Crippen LogP contribution in [-0.4, -0.2) is 37.1 Å². The number of aromatic nitrogens is 4. The molecule has 0 radical (unpaired) electrons. The quantitative estimate of drug-likeness (QED) is 0.724. The number of rotatable bonds is 3. The first-order chi connectivity index (χ1) is 12.6. The molecule has 3 aromatic rings. The fraction of sp³-hybridized carbons (Fsp3) is 0.368. The Labute approximate surface area is 151 Å². The fourth-order valence-corrected chi connectivity index (χ4v) is 3.31. The lowest BCUT2D eigenvalue weighted by Crippen LogP contribution is -2.42. The minimum Gasteiger partial charge on any atom is -0.447 e. The summed E-state index contributed by atoms with van der Waals surface area (Å²) in [6, 6.07) is 9.68. The second-order valence-electron chi connectivity index (χ2n) is 6.78. The highest BCUT2D eigenvalue weighted by atomic mass is 16.3. The zero-order chi connectivity index (χ0) is 18.3. The number of hydrogen-bond donors (Lipinski definition) is 0. The maximum Gasteiger partial charge on any atom is 0.276 e. The number of fused-ring (bicyclic) bond motifs is 1. The van der Waals surface area contributed by atoms with Crippen molar-refractivity contribution in [2.45, 2.75) is 39.3 Å². The van der Waals surface area contributed by atoms with Crippen molar-refractivity contribution < 1.29 is 9.21 Å². The Bertz CT molecular complexity index is 929. The highest BCUT2D eigenvalue weighted by Crippen LogP contribution is 2.29. The third-order valence-electron chi connectivity index (χ3n) is 4.71. The van der Waals surface area contributed by atoms with E-state index in [9.17, 15) is 4.79 Å². The molecule has 1 aliphatic heterocycles. The predicted molar refractivity (Wildman–Crippen MR) is 95.5 cm³/mol. The lowest BCUT2D eigenvalue weighted by molar-refractivity contribution is 0.0622. The molecule has 134 valence electrons. The maximum atomic E-state index is 13.0. The van der Waals surface area contributed by atoms with Crippen molar-refractivity contribution in [3.8, 4) is 11.4 Å². The van der Waals surface area contributed by atoms with Gasteiger partial charge in [0.2, 0.25) is 0 Å². The molecule has 3 heterocycles. The molecule has 2 aromatic heterocycles. The smallest absolute Gasteiger partial charge is 0.276 e. The Morgan fingerprint density at radius 2 is 2.00 bits per heavy atom. The van der Waals surface area contributed by atoms with Crippen LogP contribution in [0.1, 0.15) is 54.8 Å². The van der Waals surface area contributed by atoms with E-state index in [-0.39, 0.29) is 17.9 Å². The van der Waals surface area contributed by atoms with Crippen LogP contribution in [0.15, 0.2) is 41.1 Å². The van der Waals surface area contributed by atoms with E-state index in [2.05, 4.69) is 15.1 Å². The van der Waals surface area contributed by atoms with Crippen LogP contribution in [0.25, 0.3) is 11.4 Å². The number of oxazole rings is 1. The zero-order valence-corrected chi connectivity index (χ0v) is 15.1. The third kappa shape index (κ3) is 2.69. The topological polar surface area (TPSA) is 77.0 Å². The van der Waals surface area contributed by atoms with Crippen LogP contribution in [0.3, 0.4) is 0 Å². The zero-order valence-electron chi connectivity index (χ0n) is 15.1. The Hall–Kier alpha value is -2.96. The van der Waals surface area contributed by atoms with E-state index in [0.717, 1.165) is 11.4 Å². The number of nitrogens with zero attached hydrogens (tertiary/aromatic N) is 5. The maximum absolute atomic E-state index is 13.0. The number of carbonyl (C=O) groups excluding carboxylic acids is 1. The highest BCUT2D eigenvalue weighted by Gasteiger charge is 2.34. The molecule has 4 rings (SSSR count). The SMILES string of the molecule is CC(C)c1ocnc1C(=O)N1CCn2nc(-c3ccccc3)nc2[C@@H]1C. The van der Waals surface area contributed by atoms with Crippen molar-refractivity contribution in [3.05, 3.63) is 54.0 Å². The first-order valence-corrected chi connectivity index (χ1v) is 8.80. The Kier molecular flexibility index (Phi) is 4.06. The number of carbonyl (C=O) groups is 1. The molecule has 1 aliphatic rings. The predicted octanol–water partition coefficient (Wildman–Crippen LogP) is 3.27. The van der Waals surface area contributed by atoms with Crippen LogP contribution in [0.2, 0.25) is 0 Å². The van der Waals surface area contributed by atoms with Crippen LogP contribution < -0.4 is 0 Å². The molecule has 0 saturated heterocycles. The molecule has 0 bridgehead atoms. The van der Waals surface area contributed by atoms with Gasteiger partial charge in [-0.2, -0.15) is 5.10 Å². The summed E-state index contributed by atoms with van der Waals surface area (Å²) in [6.07, 6.45) is 1.34. The van der Waals surface area contributed by atoms with Gasteiger partial charge in [-0.1, -0.05) is 44.2 Å². The van der Waals surface area contributed by atoms with Crippen molar-refractivity contribution in [1.29, 1.82) is 0 Å². The summed E-state index contributed by atoms with van der Waals surface area (Å²) in [7, 11) is 0. The van der Waals surface area contributed by atoms with Crippen molar-refractivity contribution in [3.63, 3.8) is 0 Å². The summed E-state index contributed by atoms with van der Waals surface area (Å²) in [4.78, 5) is 23.7. The molecule has 1 amide bonds. The van der Waals surface area contributed by atoms with Gasteiger partial charge in [0.15, 0.2) is 17.9 Å². The normalized spacial score (nSPS) is 16.8. The standard InChI is InChI=1S/C19H21N5O2/c1-12(2)16-15(20-11-26-16)19(25)23-9-10-24-18(13(23)3)21-17(22-24)14-7-5-4-6-8-14/h4-8,11-13H,9-10H2,1-3H3/t13-/m0/s1. The van der Waals surface area contributed by atoms with E-state index in [4.69, 9.17) is 4.42 Å². The fourth-order valence-electron chi connectivity index (χ4n) is 3.31. The van der Waals surface area contributed by atoms with Crippen molar-refractivity contribution in [1.82, 2.24) is 24.6 Å². The average molecular weight is 351 g/mol. The Morgan fingerprint density at radius 3 is 2.73 bits per heavy atom. The second-order valence-corrected chi connectivity index (χ2v) is 6.78. The molecule has 0 unspecified atom stereocenters. The molecule has 0 N–H and O–H groups in total. The summed E-state index contributed by atoms with van der Waals surface area (Å²) in [5.74, 6) is 2.08. The van der Waals surface area contributed by atoms with E-state index in [0.29, 0.717) is 30.4 Å². The molecule has 7 heteroatoms. The lowest BCUT2D eigenvalue weighted by atomic mass is 10.1. The first kappa shape index (κ1) is 16.5. The van der Waals surface area contributed by atoms with Gasteiger partial charge in [-0.25, -0.2) is 14.6 Å². The minimum absolute atomic E-state index is 0.102. The Balaban J connectivity index is 1.64. The lowest BCUT2D eigenvalue weighted by Gasteiger charge is -2.32. The third-order valence-corrected chi connectivity index (χ3v) is 4.71.